The van der Waals surface area contributed by atoms with E-state index in [1.54, 1.807) is 0 Å². The van der Waals surface area contributed by atoms with E-state index < -0.39 is 0 Å². The van der Waals surface area contributed by atoms with Gasteiger partial charge in [-0.15, -0.1) is 0 Å². The number of nitrogens with one attached hydrogen (secondary N) is 1. The molecule has 2 aliphatic carbocycles. The van der Waals surface area contributed by atoms with E-state index in [2.05, 4.69) is 56.4 Å². The molecule has 19 heavy (non-hydrogen) atoms. The first kappa shape index (κ1) is 13.2. The second-order valence-electron chi connectivity index (χ2n) is 7.66. The monoisotopic (exact) mass is 257 g/mol. The van der Waals surface area contributed by atoms with Crippen LogP contribution >= 0.6 is 0 Å². The molecular weight excluding hydrogens is 230 g/mol. The van der Waals surface area contributed by atoms with Crippen molar-refractivity contribution >= 4 is 0 Å². The van der Waals surface area contributed by atoms with Gasteiger partial charge >= 0.3 is 0 Å². The molecule has 0 aromatic heterocycles. The maximum absolute atomic E-state index is 4.00. The zero-order valence-electron chi connectivity index (χ0n) is 12.5. The summed E-state index contributed by atoms with van der Waals surface area (Å²) in [6.45, 7) is 7.06. The van der Waals surface area contributed by atoms with Crippen molar-refractivity contribution in [2.24, 2.45) is 17.3 Å². The Hall–Kier alpha value is -0.820. The summed E-state index contributed by atoms with van der Waals surface area (Å²) in [6, 6.07) is 12.2. The number of fused-ring (bicyclic) bond motifs is 2. The molecule has 1 heteroatoms. The molecule has 2 aliphatic rings. The van der Waals surface area contributed by atoms with E-state index in [-0.39, 0.29) is 5.41 Å². The highest BCUT2D eigenvalue weighted by molar-refractivity contribution is 5.21. The summed E-state index contributed by atoms with van der Waals surface area (Å²) in [6.07, 6.45) is 5.82. The van der Waals surface area contributed by atoms with Crippen LogP contribution < -0.4 is 5.32 Å². The van der Waals surface area contributed by atoms with Crippen LogP contribution in [-0.4, -0.2) is 6.04 Å². The molecular formula is C18H27N. The molecule has 0 saturated heterocycles. The summed E-state index contributed by atoms with van der Waals surface area (Å²) < 4.78 is 0. The minimum Gasteiger partial charge on any atom is -0.306 e. The second-order valence-corrected chi connectivity index (χ2v) is 7.66. The summed E-state index contributed by atoms with van der Waals surface area (Å²) in [5, 5.41) is 4.00. The Labute approximate surface area is 117 Å². The predicted molar refractivity (Wildman–Crippen MR) is 81.0 cm³/mol. The quantitative estimate of drug-likeness (QED) is 0.837. The Kier molecular flexibility index (Phi) is 3.42. The first-order valence-electron chi connectivity index (χ1n) is 7.85. The van der Waals surface area contributed by atoms with Gasteiger partial charge in [-0.25, -0.2) is 0 Å². The first-order valence-corrected chi connectivity index (χ1v) is 7.85. The highest BCUT2D eigenvalue weighted by atomic mass is 15.0. The van der Waals surface area contributed by atoms with Gasteiger partial charge in [0, 0.05) is 12.1 Å². The lowest BCUT2D eigenvalue weighted by molar-refractivity contribution is 0.218. The molecule has 2 saturated carbocycles. The number of rotatable bonds is 3. The summed E-state index contributed by atoms with van der Waals surface area (Å²) in [5.74, 6) is 1.96. The van der Waals surface area contributed by atoms with Crippen molar-refractivity contribution in [1.82, 2.24) is 5.32 Å². The Balaban J connectivity index is 1.77. The molecule has 4 unspecified atom stereocenters. The molecule has 0 amide bonds. The molecule has 0 spiro atoms. The Morgan fingerprint density at radius 2 is 1.79 bits per heavy atom. The lowest BCUT2D eigenvalue weighted by atomic mass is 9.81. The van der Waals surface area contributed by atoms with E-state index in [1.165, 1.54) is 31.2 Å². The van der Waals surface area contributed by atoms with Crippen LogP contribution in [0.2, 0.25) is 0 Å². The van der Waals surface area contributed by atoms with Crippen LogP contribution in [-0.2, 0) is 0 Å². The number of hydrogen-bond donors (Lipinski definition) is 1. The van der Waals surface area contributed by atoms with Crippen LogP contribution in [0.3, 0.4) is 0 Å². The van der Waals surface area contributed by atoms with Gasteiger partial charge in [0.25, 0.3) is 0 Å². The third-order valence-electron chi connectivity index (χ3n) is 5.12. The molecule has 1 nitrogen and oxygen atoms in total. The third kappa shape index (κ3) is 2.72. The van der Waals surface area contributed by atoms with Gasteiger partial charge in [-0.05, 0) is 42.1 Å². The normalized spacial score (nSPS) is 31.6. The van der Waals surface area contributed by atoms with E-state index in [1.807, 2.05) is 0 Å². The van der Waals surface area contributed by atoms with Gasteiger partial charge in [0.1, 0.15) is 0 Å². The zero-order valence-corrected chi connectivity index (χ0v) is 12.5. The van der Waals surface area contributed by atoms with Gasteiger partial charge in [-0.2, -0.15) is 0 Å². The lowest BCUT2D eigenvalue weighted by Crippen LogP contribution is -2.42. The van der Waals surface area contributed by atoms with Crippen molar-refractivity contribution in [3.05, 3.63) is 35.9 Å². The zero-order chi connectivity index (χ0) is 13.5. The fraction of sp³-hybridized carbons (Fsp3) is 0.667. The van der Waals surface area contributed by atoms with Gasteiger partial charge in [0.15, 0.2) is 0 Å². The SMILES string of the molecule is CC(C)(C)C(NC1CC2CCC1C2)c1ccccc1. The number of hydrogen-bond acceptors (Lipinski definition) is 1. The summed E-state index contributed by atoms with van der Waals surface area (Å²) in [7, 11) is 0. The Bertz CT molecular complexity index is 417. The van der Waals surface area contributed by atoms with Gasteiger partial charge in [-0.3, -0.25) is 0 Å². The van der Waals surface area contributed by atoms with Crippen molar-refractivity contribution in [2.75, 3.05) is 0 Å². The van der Waals surface area contributed by atoms with Crippen LogP contribution in [0.1, 0.15) is 58.1 Å². The van der Waals surface area contributed by atoms with Crippen LogP contribution in [0.4, 0.5) is 0 Å². The van der Waals surface area contributed by atoms with Crippen LogP contribution in [0.5, 0.6) is 0 Å². The van der Waals surface area contributed by atoms with Gasteiger partial charge in [0.05, 0.1) is 0 Å². The largest absolute Gasteiger partial charge is 0.306 e. The summed E-state index contributed by atoms with van der Waals surface area (Å²) in [4.78, 5) is 0. The van der Waals surface area contributed by atoms with E-state index in [0.29, 0.717) is 6.04 Å². The smallest absolute Gasteiger partial charge is 0.0371 e. The number of benzene rings is 1. The van der Waals surface area contributed by atoms with E-state index in [4.69, 9.17) is 0 Å². The van der Waals surface area contributed by atoms with E-state index in [0.717, 1.165) is 17.9 Å². The highest BCUT2D eigenvalue weighted by Gasteiger charge is 2.41. The van der Waals surface area contributed by atoms with Crippen LogP contribution in [0.15, 0.2) is 30.3 Å². The summed E-state index contributed by atoms with van der Waals surface area (Å²) >= 11 is 0. The Morgan fingerprint density at radius 3 is 2.32 bits per heavy atom. The van der Waals surface area contributed by atoms with E-state index >= 15 is 0 Å². The van der Waals surface area contributed by atoms with Crippen molar-refractivity contribution in [1.29, 1.82) is 0 Å². The van der Waals surface area contributed by atoms with Crippen molar-refractivity contribution < 1.29 is 0 Å². The molecule has 0 radical (unpaired) electrons. The van der Waals surface area contributed by atoms with Crippen LogP contribution in [0.25, 0.3) is 0 Å². The van der Waals surface area contributed by atoms with Gasteiger partial charge in [-0.1, -0.05) is 57.5 Å². The third-order valence-corrected chi connectivity index (χ3v) is 5.12. The van der Waals surface area contributed by atoms with Gasteiger partial charge < -0.3 is 5.32 Å². The van der Waals surface area contributed by atoms with Crippen LogP contribution in [0, 0.1) is 17.3 Å². The first-order chi connectivity index (χ1) is 9.04. The molecule has 104 valence electrons. The fourth-order valence-electron chi connectivity index (χ4n) is 4.15. The van der Waals surface area contributed by atoms with E-state index in [9.17, 15) is 0 Å². The minimum absolute atomic E-state index is 0.267. The average Bonchev–Trinajstić information content (AvgIpc) is 2.97. The standard InChI is InChI=1S/C18H27N/c1-18(2,3)17(14-7-5-4-6-8-14)19-16-12-13-9-10-15(16)11-13/h4-8,13,15-17,19H,9-12H2,1-3H3. The lowest BCUT2D eigenvalue weighted by Gasteiger charge is -2.37. The molecule has 4 atom stereocenters. The predicted octanol–water partition coefficient (Wildman–Crippen LogP) is 4.55. The maximum atomic E-state index is 4.00. The van der Waals surface area contributed by atoms with Crippen molar-refractivity contribution in [3.8, 4) is 0 Å². The van der Waals surface area contributed by atoms with Crippen molar-refractivity contribution in [2.45, 2.75) is 58.5 Å². The maximum Gasteiger partial charge on any atom is 0.0371 e. The molecule has 0 heterocycles. The topological polar surface area (TPSA) is 12.0 Å². The summed E-state index contributed by atoms with van der Waals surface area (Å²) in [5.41, 5.74) is 1.71. The average molecular weight is 257 g/mol. The molecule has 2 bridgehead atoms. The van der Waals surface area contributed by atoms with Crippen molar-refractivity contribution in [3.63, 3.8) is 0 Å². The Morgan fingerprint density at radius 1 is 1.05 bits per heavy atom. The second kappa shape index (κ2) is 4.94. The molecule has 0 aliphatic heterocycles. The fourth-order valence-corrected chi connectivity index (χ4v) is 4.15. The minimum atomic E-state index is 0.267. The molecule has 1 aromatic rings. The molecule has 2 fully saturated rings. The molecule has 3 rings (SSSR count). The molecule has 1 aromatic carbocycles. The van der Waals surface area contributed by atoms with Gasteiger partial charge in [0.2, 0.25) is 0 Å². The molecule has 1 N–H and O–H groups in total. The highest BCUT2D eigenvalue weighted by Crippen LogP contribution is 2.46.